The van der Waals surface area contributed by atoms with Crippen LogP contribution in [-0.4, -0.2) is 5.78 Å². The largest absolute Gasteiger partial charge is 0.299 e. The van der Waals surface area contributed by atoms with Gasteiger partial charge in [-0.05, 0) is 43.4 Å². The molecule has 0 aliphatic heterocycles. The highest BCUT2D eigenvalue weighted by Crippen LogP contribution is 2.41. The summed E-state index contributed by atoms with van der Waals surface area (Å²) in [5.41, 5.74) is 0. The Hall–Kier alpha value is -0.330. The van der Waals surface area contributed by atoms with Crippen LogP contribution in [0.25, 0.3) is 0 Å². The summed E-state index contributed by atoms with van der Waals surface area (Å²) in [5, 5.41) is 0. The molecule has 1 nitrogen and oxygen atoms in total. The van der Waals surface area contributed by atoms with Crippen LogP contribution in [0.2, 0.25) is 0 Å². The van der Waals surface area contributed by atoms with Crippen molar-refractivity contribution in [1.82, 2.24) is 0 Å². The highest BCUT2D eigenvalue weighted by molar-refractivity contribution is 5.82. The van der Waals surface area contributed by atoms with Gasteiger partial charge in [-0.3, -0.25) is 4.79 Å². The monoisotopic (exact) mass is 236 g/mol. The Balaban J connectivity index is 1.96. The van der Waals surface area contributed by atoms with E-state index in [2.05, 4.69) is 13.8 Å². The number of carbonyl (C=O) groups is 1. The number of hydrogen-bond donors (Lipinski definition) is 0. The maximum absolute atomic E-state index is 12.2. The van der Waals surface area contributed by atoms with Gasteiger partial charge >= 0.3 is 0 Å². The van der Waals surface area contributed by atoms with Gasteiger partial charge in [0.2, 0.25) is 0 Å². The Bertz CT molecular complexity index is 258. The third kappa shape index (κ3) is 3.11. The standard InChI is InChI=1S/C16H28O/c1-3-12-6-5-7-14(10-12)15-11-13(4-2)8-9-16(15)17/h12-15H,3-11H2,1-2H3. The van der Waals surface area contributed by atoms with E-state index in [9.17, 15) is 4.79 Å². The molecule has 2 aliphatic rings. The Kier molecular flexibility index (Phi) is 4.64. The maximum Gasteiger partial charge on any atom is 0.136 e. The summed E-state index contributed by atoms with van der Waals surface area (Å²) in [5.74, 6) is 3.50. The van der Waals surface area contributed by atoms with Gasteiger partial charge in [-0.1, -0.05) is 39.5 Å². The van der Waals surface area contributed by atoms with Gasteiger partial charge in [-0.15, -0.1) is 0 Å². The molecule has 0 heterocycles. The molecule has 4 atom stereocenters. The Morgan fingerprint density at radius 2 is 1.71 bits per heavy atom. The molecule has 2 saturated carbocycles. The number of rotatable bonds is 3. The second kappa shape index (κ2) is 6.02. The van der Waals surface area contributed by atoms with E-state index in [1.807, 2.05) is 0 Å². The van der Waals surface area contributed by atoms with Crippen LogP contribution >= 0.6 is 0 Å². The lowest BCUT2D eigenvalue weighted by molar-refractivity contribution is -0.128. The minimum absolute atomic E-state index is 0.433. The first-order valence-electron chi connectivity index (χ1n) is 7.77. The number of hydrogen-bond acceptors (Lipinski definition) is 1. The van der Waals surface area contributed by atoms with Crippen LogP contribution in [0.1, 0.15) is 71.6 Å². The minimum atomic E-state index is 0.433. The van der Waals surface area contributed by atoms with Gasteiger partial charge in [-0.2, -0.15) is 0 Å². The summed E-state index contributed by atoms with van der Waals surface area (Å²) in [6.07, 6.45) is 11.3. The first kappa shape index (κ1) is 13.1. The topological polar surface area (TPSA) is 17.1 Å². The van der Waals surface area contributed by atoms with Crippen molar-refractivity contribution in [2.24, 2.45) is 23.7 Å². The normalized spacial score (nSPS) is 39.3. The van der Waals surface area contributed by atoms with Gasteiger partial charge in [0.05, 0.1) is 0 Å². The molecule has 0 aromatic carbocycles. The van der Waals surface area contributed by atoms with Gasteiger partial charge in [0.1, 0.15) is 5.78 Å². The van der Waals surface area contributed by atoms with Crippen molar-refractivity contribution >= 4 is 5.78 Å². The first-order chi connectivity index (χ1) is 8.24. The zero-order valence-corrected chi connectivity index (χ0v) is 11.6. The van der Waals surface area contributed by atoms with Crippen molar-refractivity contribution in [1.29, 1.82) is 0 Å². The van der Waals surface area contributed by atoms with Crippen molar-refractivity contribution in [2.75, 3.05) is 0 Å². The molecule has 0 amide bonds. The molecule has 17 heavy (non-hydrogen) atoms. The van der Waals surface area contributed by atoms with Crippen LogP contribution in [0, 0.1) is 23.7 Å². The molecule has 0 bridgehead atoms. The molecule has 0 saturated heterocycles. The Morgan fingerprint density at radius 1 is 1.00 bits per heavy atom. The van der Waals surface area contributed by atoms with E-state index in [-0.39, 0.29) is 0 Å². The molecule has 0 aromatic rings. The average Bonchev–Trinajstić information content (AvgIpc) is 2.39. The Morgan fingerprint density at radius 3 is 2.41 bits per heavy atom. The molecule has 2 rings (SSSR count). The fraction of sp³-hybridized carbons (Fsp3) is 0.938. The fourth-order valence-electron chi connectivity index (χ4n) is 4.04. The van der Waals surface area contributed by atoms with E-state index in [4.69, 9.17) is 0 Å². The summed E-state index contributed by atoms with van der Waals surface area (Å²) in [7, 11) is 0. The SMILES string of the molecule is CCC1CCCC(C2CC(CC)CCC2=O)C1. The molecule has 0 radical (unpaired) electrons. The second-order valence-corrected chi connectivity index (χ2v) is 6.32. The summed E-state index contributed by atoms with van der Waals surface area (Å²) in [6, 6.07) is 0. The van der Waals surface area contributed by atoms with Crippen LogP contribution in [-0.2, 0) is 4.79 Å². The lowest BCUT2D eigenvalue weighted by atomic mass is 9.67. The molecule has 0 N–H and O–H groups in total. The molecule has 0 aromatic heterocycles. The minimum Gasteiger partial charge on any atom is -0.299 e. The van der Waals surface area contributed by atoms with Crippen molar-refractivity contribution < 1.29 is 4.79 Å². The predicted molar refractivity (Wildman–Crippen MR) is 71.9 cm³/mol. The molecule has 0 spiro atoms. The van der Waals surface area contributed by atoms with Gasteiger partial charge in [0.15, 0.2) is 0 Å². The fourth-order valence-corrected chi connectivity index (χ4v) is 4.04. The van der Waals surface area contributed by atoms with Crippen molar-refractivity contribution in [3.63, 3.8) is 0 Å². The van der Waals surface area contributed by atoms with E-state index in [1.165, 1.54) is 44.9 Å². The van der Waals surface area contributed by atoms with Crippen molar-refractivity contribution in [3.8, 4) is 0 Å². The number of Topliss-reactive ketones (excluding diaryl/α,β-unsaturated/α-hetero) is 1. The first-order valence-corrected chi connectivity index (χ1v) is 7.77. The molecule has 98 valence electrons. The molecule has 1 heteroatoms. The van der Waals surface area contributed by atoms with Crippen LogP contribution in [0.15, 0.2) is 0 Å². The van der Waals surface area contributed by atoms with Gasteiger partial charge in [-0.25, -0.2) is 0 Å². The Labute approximate surface area is 106 Å². The smallest absolute Gasteiger partial charge is 0.136 e. The average molecular weight is 236 g/mol. The molecule has 2 aliphatic carbocycles. The van der Waals surface area contributed by atoms with Crippen molar-refractivity contribution in [3.05, 3.63) is 0 Å². The molecule has 4 unspecified atom stereocenters. The highest BCUT2D eigenvalue weighted by atomic mass is 16.1. The molecular weight excluding hydrogens is 208 g/mol. The third-order valence-corrected chi connectivity index (χ3v) is 5.35. The highest BCUT2D eigenvalue weighted by Gasteiger charge is 2.35. The summed E-state index contributed by atoms with van der Waals surface area (Å²) >= 11 is 0. The van der Waals surface area contributed by atoms with E-state index in [1.54, 1.807) is 0 Å². The van der Waals surface area contributed by atoms with Gasteiger partial charge in [0, 0.05) is 12.3 Å². The third-order valence-electron chi connectivity index (χ3n) is 5.35. The lowest BCUT2D eigenvalue weighted by Crippen LogP contribution is -2.33. The van der Waals surface area contributed by atoms with Gasteiger partial charge in [0.25, 0.3) is 0 Å². The summed E-state index contributed by atoms with van der Waals surface area (Å²) in [4.78, 5) is 12.2. The van der Waals surface area contributed by atoms with Gasteiger partial charge < -0.3 is 0 Å². The number of carbonyl (C=O) groups excluding carboxylic acids is 1. The summed E-state index contributed by atoms with van der Waals surface area (Å²) in [6.45, 7) is 4.60. The van der Waals surface area contributed by atoms with Crippen molar-refractivity contribution in [2.45, 2.75) is 71.6 Å². The van der Waals surface area contributed by atoms with E-state index in [0.717, 1.165) is 30.6 Å². The van der Waals surface area contributed by atoms with Crippen LogP contribution in [0.5, 0.6) is 0 Å². The zero-order valence-electron chi connectivity index (χ0n) is 11.6. The van der Waals surface area contributed by atoms with E-state index < -0.39 is 0 Å². The van der Waals surface area contributed by atoms with E-state index >= 15 is 0 Å². The quantitative estimate of drug-likeness (QED) is 0.700. The number of ketones is 1. The second-order valence-electron chi connectivity index (χ2n) is 6.32. The van der Waals surface area contributed by atoms with Crippen LogP contribution in [0.3, 0.4) is 0 Å². The van der Waals surface area contributed by atoms with Crippen LogP contribution < -0.4 is 0 Å². The lowest BCUT2D eigenvalue weighted by Gasteiger charge is -2.37. The predicted octanol–water partition coefficient (Wildman–Crippen LogP) is 4.60. The van der Waals surface area contributed by atoms with E-state index in [0.29, 0.717) is 11.7 Å². The molecular formula is C16H28O. The summed E-state index contributed by atoms with van der Waals surface area (Å²) < 4.78 is 0. The maximum atomic E-state index is 12.2. The van der Waals surface area contributed by atoms with Crippen LogP contribution in [0.4, 0.5) is 0 Å². The zero-order chi connectivity index (χ0) is 12.3. The molecule has 2 fully saturated rings.